The fourth-order valence-corrected chi connectivity index (χ4v) is 1.70. The largest absolute Gasteiger partial charge is 0.481 e. The van der Waals surface area contributed by atoms with Gasteiger partial charge >= 0.3 is 5.97 Å². The zero-order valence-corrected chi connectivity index (χ0v) is 11.0. The lowest BCUT2D eigenvalue weighted by Crippen LogP contribution is -2.16. The summed E-state index contributed by atoms with van der Waals surface area (Å²) >= 11 is 1.06. The van der Waals surface area contributed by atoms with E-state index in [1.54, 1.807) is 18.3 Å². The quantitative estimate of drug-likeness (QED) is 0.798. The number of nitrogens with zero attached hydrogens (tertiary/aromatic N) is 2. The van der Waals surface area contributed by atoms with E-state index in [1.807, 2.05) is 19.0 Å². The maximum atomic E-state index is 11.5. The van der Waals surface area contributed by atoms with Gasteiger partial charge in [-0.25, -0.2) is 4.98 Å². The second kappa shape index (κ2) is 6.85. The average Bonchev–Trinajstić information content (AvgIpc) is 2.28. The molecule has 0 saturated heterocycles. The van der Waals surface area contributed by atoms with Crippen LogP contribution in [0.3, 0.4) is 0 Å². The summed E-state index contributed by atoms with van der Waals surface area (Å²) in [5.41, 5.74) is 0.648. The van der Waals surface area contributed by atoms with Crippen molar-refractivity contribution in [2.75, 3.05) is 35.8 Å². The van der Waals surface area contributed by atoms with Crippen molar-refractivity contribution in [3.05, 3.63) is 18.3 Å². The second-order valence-electron chi connectivity index (χ2n) is 3.73. The van der Waals surface area contributed by atoms with E-state index in [4.69, 9.17) is 5.11 Å². The number of thioether (sulfide) groups is 1. The summed E-state index contributed by atoms with van der Waals surface area (Å²) in [5.74, 6) is -0.367. The van der Waals surface area contributed by atoms with Gasteiger partial charge in [-0.3, -0.25) is 9.59 Å². The Morgan fingerprint density at radius 3 is 2.78 bits per heavy atom. The molecule has 7 heteroatoms. The van der Waals surface area contributed by atoms with Crippen molar-refractivity contribution in [2.24, 2.45) is 0 Å². The number of pyridine rings is 1. The standard InChI is InChI=1S/C11H15N3O3S/c1-14(2)9-5-8(3-4-12-9)13-10(15)6-18-7-11(16)17/h3-5H,6-7H2,1-2H3,(H,16,17)(H,12,13,15). The van der Waals surface area contributed by atoms with Crippen molar-refractivity contribution < 1.29 is 14.7 Å². The monoisotopic (exact) mass is 269 g/mol. The van der Waals surface area contributed by atoms with Gasteiger partial charge < -0.3 is 15.3 Å². The topological polar surface area (TPSA) is 82.5 Å². The van der Waals surface area contributed by atoms with E-state index in [0.717, 1.165) is 17.6 Å². The van der Waals surface area contributed by atoms with Gasteiger partial charge in [0, 0.05) is 32.0 Å². The Morgan fingerprint density at radius 1 is 1.44 bits per heavy atom. The van der Waals surface area contributed by atoms with E-state index in [9.17, 15) is 9.59 Å². The number of nitrogens with one attached hydrogen (secondary N) is 1. The Hall–Kier alpha value is -1.76. The molecular formula is C11H15N3O3S. The molecule has 1 aromatic heterocycles. The Labute approximate surface area is 109 Å². The minimum Gasteiger partial charge on any atom is -0.481 e. The minimum atomic E-state index is -0.924. The van der Waals surface area contributed by atoms with Gasteiger partial charge in [0.25, 0.3) is 0 Å². The number of carboxylic acid groups (broad SMARTS) is 1. The summed E-state index contributed by atoms with van der Waals surface area (Å²) in [6.07, 6.45) is 1.61. The second-order valence-corrected chi connectivity index (χ2v) is 4.72. The maximum Gasteiger partial charge on any atom is 0.313 e. The van der Waals surface area contributed by atoms with Gasteiger partial charge in [0.05, 0.1) is 11.5 Å². The summed E-state index contributed by atoms with van der Waals surface area (Å²) in [4.78, 5) is 27.8. The number of hydrogen-bond donors (Lipinski definition) is 2. The number of hydrogen-bond acceptors (Lipinski definition) is 5. The summed E-state index contributed by atoms with van der Waals surface area (Å²) in [5, 5.41) is 11.1. The minimum absolute atomic E-state index is 0.0767. The normalized spacial score (nSPS) is 9.89. The highest BCUT2D eigenvalue weighted by Gasteiger charge is 2.06. The number of amides is 1. The first-order chi connectivity index (χ1) is 8.49. The number of aromatic nitrogens is 1. The van der Waals surface area contributed by atoms with E-state index >= 15 is 0 Å². The van der Waals surface area contributed by atoms with Gasteiger partial charge in [0.1, 0.15) is 5.82 Å². The number of anilines is 2. The molecule has 0 saturated carbocycles. The lowest BCUT2D eigenvalue weighted by atomic mass is 10.3. The van der Waals surface area contributed by atoms with E-state index in [1.165, 1.54) is 0 Å². The van der Waals surface area contributed by atoms with Gasteiger partial charge in [0.15, 0.2) is 0 Å². The first kappa shape index (κ1) is 14.3. The lowest BCUT2D eigenvalue weighted by Gasteiger charge is -2.12. The van der Waals surface area contributed by atoms with Crippen LogP contribution in [-0.2, 0) is 9.59 Å². The van der Waals surface area contributed by atoms with Crippen LogP contribution in [0.1, 0.15) is 0 Å². The summed E-state index contributed by atoms with van der Waals surface area (Å²) < 4.78 is 0. The highest BCUT2D eigenvalue weighted by atomic mass is 32.2. The van der Waals surface area contributed by atoms with Crippen LogP contribution < -0.4 is 10.2 Å². The van der Waals surface area contributed by atoms with E-state index in [-0.39, 0.29) is 17.4 Å². The van der Waals surface area contributed by atoms with Crippen molar-refractivity contribution >= 4 is 35.1 Å². The highest BCUT2D eigenvalue weighted by Crippen LogP contribution is 2.14. The fourth-order valence-electron chi connectivity index (χ4n) is 1.17. The summed E-state index contributed by atoms with van der Waals surface area (Å²) in [6.45, 7) is 0. The number of aliphatic carboxylic acids is 1. The van der Waals surface area contributed by atoms with Crippen LogP contribution in [0.15, 0.2) is 18.3 Å². The Bertz CT molecular complexity index is 437. The number of carbonyl (C=O) groups is 2. The van der Waals surface area contributed by atoms with Crippen LogP contribution in [0.5, 0.6) is 0 Å². The SMILES string of the molecule is CN(C)c1cc(NC(=O)CSCC(=O)O)ccn1. The molecule has 0 aliphatic rings. The van der Waals surface area contributed by atoms with E-state index < -0.39 is 5.97 Å². The molecule has 0 bridgehead atoms. The Kier molecular flexibility index (Phi) is 5.44. The molecule has 1 aromatic rings. The lowest BCUT2D eigenvalue weighted by molar-refractivity contribution is -0.133. The smallest absolute Gasteiger partial charge is 0.313 e. The summed E-state index contributed by atoms with van der Waals surface area (Å²) in [7, 11) is 3.72. The molecule has 2 N–H and O–H groups in total. The average molecular weight is 269 g/mol. The fraction of sp³-hybridized carbons (Fsp3) is 0.364. The van der Waals surface area contributed by atoms with Crippen molar-refractivity contribution in [2.45, 2.75) is 0 Å². The predicted octanol–water partition coefficient (Wildman–Crippen LogP) is 0.904. The molecule has 0 aliphatic carbocycles. The Morgan fingerprint density at radius 2 is 2.17 bits per heavy atom. The van der Waals surface area contributed by atoms with E-state index in [2.05, 4.69) is 10.3 Å². The molecule has 18 heavy (non-hydrogen) atoms. The first-order valence-corrected chi connectivity index (χ1v) is 6.37. The van der Waals surface area contributed by atoms with Crippen LogP contribution in [0, 0.1) is 0 Å². The summed E-state index contributed by atoms with van der Waals surface area (Å²) in [6, 6.07) is 3.44. The maximum absolute atomic E-state index is 11.5. The third-order valence-corrected chi connectivity index (χ3v) is 2.86. The first-order valence-electron chi connectivity index (χ1n) is 5.22. The predicted molar refractivity (Wildman–Crippen MR) is 72.2 cm³/mol. The highest BCUT2D eigenvalue weighted by molar-refractivity contribution is 8.00. The molecule has 1 rings (SSSR count). The van der Waals surface area contributed by atoms with Crippen LogP contribution in [0.25, 0.3) is 0 Å². The third-order valence-electron chi connectivity index (χ3n) is 1.95. The van der Waals surface area contributed by atoms with Crippen LogP contribution in [-0.4, -0.2) is 47.6 Å². The number of rotatable bonds is 6. The molecule has 0 fully saturated rings. The van der Waals surface area contributed by atoms with Gasteiger partial charge in [-0.2, -0.15) is 0 Å². The molecule has 0 spiro atoms. The zero-order valence-electron chi connectivity index (χ0n) is 10.2. The van der Waals surface area contributed by atoms with Crippen molar-refractivity contribution in [1.82, 2.24) is 4.98 Å². The number of carboxylic acids is 1. The molecule has 0 unspecified atom stereocenters. The van der Waals surface area contributed by atoms with Crippen molar-refractivity contribution in [3.63, 3.8) is 0 Å². The molecule has 6 nitrogen and oxygen atoms in total. The van der Waals surface area contributed by atoms with Gasteiger partial charge in [0.2, 0.25) is 5.91 Å². The molecule has 0 aliphatic heterocycles. The van der Waals surface area contributed by atoms with E-state index in [0.29, 0.717) is 5.69 Å². The molecule has 98 valence electrons. The van der Waals surface area contributed by atoms with Crippen LogP contribution in [0.2, 0.25) is 0 Å². The van der Waals surface area contributed by atoms with Gasteiger partial charge in [-0.05, 0) is 6.07 Å². The van der Waals surface area contributed by atoms with Crippen molar-refractivity contribution in [3.8, 4) is 0 Å². The Balaban J connectivity index is 2.49. The molecule has 0 radical (unpaired) electrons. The molecule has 1 amide bonds. The molecule has 0 atom stereocenters. The molecule has 1 heterocycles. The van der Waals surface area contributed by atoms with Crippen molar-refractivity contribution in [1.29, 1.82) is 0 Å². The van der Waals surface area contributed by atoms with Crippen LogP contribution in [0.4, 0.5) is 11.5 Å². The zero-order chi connectivity index (χ0) is 13.5. The van der Waals surface area contributed by atoms with Crippen LogP contribution >= 0.6 is 11.8 Å². The van der Waals surface area contributed by atoms with Gasteiger partial charge in [-0.15, -0.1) is 11.8 Å². The third kappa shape index (κ3) is 5.05. The molecule has 0 aromatic carbocycles. The molecular weight excluding hydrogens is 254 g/mol. The number of carbonyl (C=O) groups excluding carboxylic acids is 1. The van der Waals surface area contributed by atoms with Gasteiger partial charge in [-0.1, -0.05) is 0 Å².